The summed E-state index contributed by atoms with van der Waals surface area (Å²) < 4.78 is 10.4. The minimum absolute atomic E-state index is 0.145. The number of hydrogen-bond acceptors (Lipinski definition) is 7. The SMILES string of the molecule is COc1cc([N+](=O)[O-])ccc1NC(=O)[C@H](C)OC(=O)c1cc2c(s1)CC[C@@H](C)C2. The van der Waals surface area contributed by atoms with Gasteiger partial charge in [0.15, 0.2) is 6.10 Å². The van der Waals surface area contributed by atoms with Crippen LogP contribution in [0.5, 0.6) is 5.75 Å². The molecule has 2 aromatic rings. The maximum Gasteiger partial charge on any atom is 0.349 e. The van der Waals surface area contributed by atoms with Crippen molar-refractivity contribution in [2.24, 2.45) is 5.92 Å². The number of carbonyl (C=O) groups is 2. The minimum atomic E-state index is -1.04. The lowest BCUT2D eigenvalue weighted by atomic mass is 9.90. The Bertz CT molecular complexity index is 954. The number of hydrogen-bond donors (Lipinski definition) is 1. The molecule has 1 aromatic carbocycles. The summed E-state index contributed by atoms with van der Waals surface area (Å²) in [6.45, 7) is 3.66. The van der Waals surface area contributed by atoms with Crippen LogP contribution in [-0.2, 0) is 22.4 Å². The van der Waals surface area contributed by atoms with Crippen molar-refractivity contribution in [2.45, 2.75) is 39.2 Å². The molecule has 0 unspecified atom stereocenters. The zero-order chi connectivity index (χ0) is 21.1. The van der Waals surface area contributed by atoms with E-state index in [1.807, 2.05) is 6.07 Å². The molecular weight excluding hydrogens is 396 g/mol. The Morgan fingerprint density at radius 1 is 1.34 bits per heavy atom. The Kier molecular flexibility index (Phi) is 6.17. The zero-order valence-electron chi connectivity index (χ0n) is 16.4. The number of methoxy groups -OCH3 is 1. The third kappa shape index (κ3) is 4.73. The van der Waals surface area contributed by atoms with Gasteiger partial charge in [0, 0.05) is 10.9 Å². The van der Waals surface area contributed by atoms with E-state index in [-0.39, 0.29) is 17.1 Å². The Hall–Kier alpha value is -2.94. The maximum atomic E-state index is 12.5. The number of benzene rings is 1. The molecule has 2 atom stereocenters. The van der Waals surface area contributed by atoms with E-state index in [9.17, 15) is 19.7 Å². The second-order valence-electron chi connectivity index (χ2n) is 7.09. The van der Waals surface area contributed by atoms with Crippen molar-refractivity contribution in [3.05, 3.63) is 49.7 Å². The van der Waals surface area contributed by atoms with Gasteiger partial charge in [-0.15, -0.1) is 11.3 Å². The van der Waals surface area contributed by atoms with Crippen molar-refractivity contribution in [3.63, 3.8) is 0 Å². The van der Waals surface area contributed by atoms with Crippen LogP contribution in [0.25, 0.3) is 0 Å². The molecule has 29 heavy (non-hydrogen) atoms. The quantitative estimate of drug-likeness (QED) is 0.432. The van der Waals surface area contributed by atoms with Crippen molar-refractivity contribution in [2.75, 3.05) is 12.4 Å². The number of nitrogens with one attached hydrogen (secondary N) is 1. The molecule has 1 aliphatic rings. The van der Waals surface area contributed by atoms with Crippen LogP contribution in [0.3, 0.4) is 0 Å². The van der Waals surface area contributed by atoms with Crippen molar-refractivity contribution in [1.82, 2.24) is 0 Å². The number of non-ortho nitro benzene ring substituents is 1. The number of nitro groups is 1. The van der Waals surface area contributed by atoms with Crippen molar-refractivity contribution < 1.29 is 24.0 Å². The number of amides is 1. The third-order valence-electron chi connectivity index (χ3n) is 4.84. The highest BCUT2D eigenvalue weighted by atomic mass is 32.1. The van der Waals surface area contributed by atoms with E-state index in [0.29, 0.717) is 10.8 Å². The highest BCUT2D eigenvalue weighted by Crippen LogP contribution is 2.33. The fourth-order valence-corrected chi connectivity index (χ4v) is 4.30. The number of aryl methyl sites for hydroxylation is 1. The number of fused-ring (bicyclic) bond motifs is 1. The number of ether oxygens (including phenoxy) is 2. The number of rotatable bonds is 6. The summed E-state index contributed by atoms with van der Waals surface area (Å²) in [5.74, 6) is -0.343. The molecular formula is C20H22N2O6S. The Morgan fingerprint density at radius 3 is 2.79 bits per heavy atom. The second-order valence-corrected chi connectivity index (χ2v) is 8.22. The van der Waals surface area contributed by atoms with Crippen LogP contribution < -0.4 is 10.1 Å². The van der Waals surface area contributed by atoms with Gasteiger partial charge in [0.2, 0.25) is 0 Å². The summed E-state index contributed by atoms with van der Waals surface area (Å²) in [5, 5.41) is 13.4. The fourth-order valence-electron chi connectivity index (χ4n) is 3.21. The molecule has 0 aliphatic heterocycles. The van der Waals surface area contributed by atoms with Gasteiger partial charge in [-0.1, -0.05) is 6.92 Å². The van der Waals surface area contributed by atoms with E-state index < -0.39 is 22.9 Å². The standard InChI is InChI=1S/C20H22N2O6S/c1-11-4-7-17-13(8-11)9-18(29-17)20(24)28-12(2)19(23)21-15-6-5-14(22(25)26)10-16(15)27-3/h5-6,9-12H,4,7-8H2,1-3H3,(H,21,23)/t11-,12+/m1/s1. The normalized spacial score (nSPS) is 16.4. The van der Waals surface area contributed by atoms with Crippen LogP contribution >= 0.6 is 11.3 Å². The van der Waals surface area contributed by atoms with Crippen LogP contribution in [0.15, 0.2) is 24.3 Å². The van der Waals surface area contributed by atoms with Gasteiger partial charge in [0.25, 0.3) is 11.6 Å². The smallest absolute Gasteiger partial charge is 0.349 e. The molecule has 8 nitrogen and oxygen atoms in total. The Morgan fingerprint density at radius 2 is 2.10 bits per heavy atom. The molecule has 0 saturated heterocycles. The molecule has 9 heteroatoms. The molecule has 1 amide bonds. The van der Waals surface area contributed by atoms with E-state index in [1.165, 1.54) is 54.0 Å². The molecule has 1 heterocycles. The van der Waals surface area contributed by atoms with Crippen LogP contribution in [0.1, 0.15) is 40.4 Å². The Balaban J connectivity index is 1.65. The predicted octanol–water partition coefficient (Wildman–Crippen LogP) is 3.97. The monoisotopic (exact) mass is 418 g/mol. The molecule has 0 spiro atoms. The highest BCUT2D eigenvalue weighted by molar-refractivity contribution is 7.14. The van der Waals surface area contributed by atoms with Crippen molar-refractivity contribution in [1.29, 1.82) is 0 Å². The first kappa shape index (κ1) is 20.8. The molecule has 1 N–H and O–H groups in total. The van der Waals surface area contributed by atoms with Gasteiger partial charge in [0.05, 0.1) is 23.8 Å². The summed E-state index contributed by atoms with van der Waals surface area (Å²) in [7, 11) is 1.34. The van der Waals surface area contributed by atoms with Crippen LogP contribution in [-0.4, -0.2) is 30.0 Å². The number of carbonyl (C=O) groups excluding carboxylic acids is 2. The molecule has 3 rings (SSSR count). The van der Waals surface area contributed by atoms with Gasteiger partial charge in [-0.25, -0.2) is 4.79 Å². The Labute approximate surface area is 172 Å². The van der Waals surface area contributed by atoms with Gasteiger partial charge >= 0.3 is 5.97 Å². The van der Waals surface area contributed by atoms with Crippen molar-refractivity contribution in [3.8, 4) is 5.75 Å². The van der Waals surface area contributed by atoms with Gasteiger partial charge in [-0.2, -0.15) is 0 Å². The first-order valence-corrected chi connectivity index (χ1v) is 10.1. The summed E-state index contributed by atoms with van der Waals surface area (Å²) in [6.07, 6.45) is 1.98. The van der Waals surface area contributed by atoms with Crippen LogP contribution in [0.2, 0.25) is 0 Å². The van der Waals surface area contributed by atoms with Gasteiger partial charge in [-0.3, -0.25) is 14.9 Å². The largest absolute Gasteiger partial charge is 0.494 e. The summed E-state index contributed by atoms with van der Waals surface area (Å²) >= 11 is 1.42. The van der Waals surface area contributed by atoms with E-state index in [4.69, 9.17) is 9.47 Å². The van der Waals surface area contributed by atoms with Gasteiger partial charge < -0.3 is 14.8 Å². The van der Waals surface area contributed by atoms with Crippen molar-refractivity contribution >= 4 is 34.6 Å². The fraction of sp³-hybridized carbons (Fsp3) is 0.400. The number of thiophene rings is 1. The lowest BCUT2D eigenvalue weighted by molar-refractivity contribution is -0.384. The summed E-state index contributed by atoms with van der Waals surface area (Å²) in [5.41, 5.74) is 1.29. The average molecular weight is 418 g/mol. The second kappa shape index (κ2) is 8.60. The molecule has 154 valence electrons. The number of nitro benzene ring substituents is 1. The number of anilines is 1. The number of nitrogens with zero attached hydrogens (tertiary/aromatic N) is 1. The lowest BCUT2D eigenvalue weighted by Gasteiger charge is -2.16. The first-order chi connectivity index (χ1) is 13.8. The molecule has 0 saturated carbocycles. The maximum absolute atomic E-state index is 12.5. The van der Waals surface area contributed by atoms with E-state index >= 15 is 0 Å². The molecule has 0 radical (unpaired) electrons. The molecule has 0 bridgehead atoms. The van der Waals surface area contributed by atoms with E-state index in [1.54, 1.807) is 0 Å². The first-order valence-electron chi connectivity index (χ1n) is 9.24. The van der Waals surface area contributed by atoms with Crippen LogP contribution in [0.4, 0.5) is 11.4 Å². The summed E-state index contributed by atoms with van der Waals surface area (Å²) in [4.78, 5) is 36.9. The van der Waals surface area contributed by atoms with E-state index in [0.717, 1.165) is 19.3 Å². The van der Waals surface area contributed by atoms with Crippen LogP contribution in [0, 0.1) is 16.0 Å². The van der Waals surface area contributed by atoms with Gasteiger partial charge in [0.1, 0.15) is 10.6 Å². The van der Waals surface area contributed by atoms with E-state index in [2.05, 4.69) is 12.2 Å². The minimum Gasteiger partial charge on any atom is -0.494 e. The summed E-state index contributed by atoms with van der Waals surface area (Å²) in [6, 6.07) is 5.70. The topological polar surface area (TPSA) is 108 Å². The average Bonchev–Trinajstić information content (AvgIpc) is 3.11. The molecule has 1 aliphatic carbocycles. The third-order valence-corrected chi connectivity index (χ3v) is 6.05. The molecule has 0 fully saturated rings. The molecule has 1 aromatic heterocycles. The zero-order valence-corrected chi connectivity index (χ0v) is 17.2. The highest BCUT2D eigenvalue weighted by Gasteiger charge is 2.25. The number of esters is 1. The lowest BCUT2D eigenvalue weighted by Crippen LogP contribution is -2.30. The van der Waals surface area contributed by atoms with Gasteiger partial charge in [-0.05, 0) is 49.8 Å². The predicted molar refractivity (Wildman–Crippen MR) is 109 cm³/mol.